The number of carbonyl (C=O) groups excluding carboxylic acids is 1. The van der Waals surface area contributed by atoms with Crippen LogP contribution in [0.2, 0.25) is 0 Å². The van der Waals surface area contributed by atoms with E-state index in [2.05, 4.69) is 47.6 Å². The lowest BCUT2D eigenvalue weighted by Crippen LogP contribution is -2.45. The summed E-state index contributed by atoms with van der Waals surface area (Å²) in [5.41, 5.74) is 3.36. The first-order chi connectivity index (χ1) is 11.7. The topological polar surface area (TPSA) is 44.4 Å². The summed E-state index contributed by atoms with van der Waals surface area (Å²) >= 11 is 0. The molecule has 1 amide bonds. The van der Waals surface area contributed by atoms with Crippen LogP contribution >= 0.6 is 0 Å². The zero-order valence-electron chi connectivity index (χ0n) is 15.1. The van der Waals surface area contributed by atoms with E-state index in [1.807, 2.05) is 0 Å². The molecule has 1 saturated carbocycles. The summed E-state index contributed by atoms with van der Waals surface area (Å²) < 4.78 is 0. The number of rotatable bonds is 7. The average molecular weight is 329 g/mol. The summed E-state index contributed by atoms with van der Waals surface area (Å²) in [5, 5.41) is 6.83. The highest BCUT2D eigenvalue weighted by atomic mass is 16.2. The molecule has 0 atom stereocenters. The molecule has 1 aromatic rings. The fourth-order valence-corrected chi connectivity index (χ4v) is 3.53. The number of hydrogen-bond acceptors (Lipinski definition) is 3. The van der Waals surface area contributed by atoms with Crippen LogP contribution in [-0.4, -0.2) is 43.0 Å². The van der Waals surface area contributed by atoms with Gasteiger partial charge in [0.05, 0.1) is 6.54 Å². The molecule has 0 bridgehead atoms. The number of nitrogens with one attached hydrogen (secondary N) is 2. The molecule has 2 aliphatic rings. The summed E-state index contributed by atoms with van der Waals surface area (Å²) in [6, 6.07) is 6.86. The minimum atomic E-state index is 0.114. The zero-order chi connectivity index (χ0) is 16.9. The van der Waals surface area contributed by atoms with E-state index in [-0.39, 0.29) is 5.91 Å². The zero-order valence-corrected chi connectivity index (χ0v) is 15.1. The lowest BCUT2D eigenvalue weighted by Gasteiger charge is -2.32. The van der Waals surface area contributed by atoms with Gasteiger partial charge in [0.15, 0.2) is 0 Å². The molecule has 0 aromatic heterocycles. The Morgan fingerprint density at radius 3 is 2.62 bits per heavy atom. The van der Waals surface area contributed by atoms with Gasteiger partial charge in [0.25, 0.3) is 0 Å². The maximum atomic E-state index is 12.4. The molecule has 2 N–H and O–H groups in total. The van der Waals surface area contributed by atoms with Crippen molar-refractivity contribution < 1.29 is 4.79 Å². The molecule has 24 heavy (non-hydrogen) atoms. The monoisotopic (exact) mass is 329 g/mol. The molecule has 3 rings (SSSR count). The van der Waals surface area contributed by atoms with Crippen LogP contribution in [-0.2, 0) is 11.2 Å². The molecule has 1 aromatic carbocycles. The molecule has 0 spiro atoms. The van der Waals surface area contributed by atoms with Crippen molar-refractivity contribution in [3.05, 3.63) is 29.3 Å². The highest BCUT2D eigenvalue weighted by molar-refractivity contribution is 5.93. The van der Waals surface area contributed by atoms with Crippen molar-refractivity contribution in [2.24, 2.45) is 5.92 Å². The Hall–Kier alpha value is -1.39. The predicted octanol–water partition coefficient (Wildman–Crippen LogP) is 2.96. The fourth-order valence-electron chi connectivity index (χ4n) is 3.53. The Balaban J connectivity index is 1.44. The maximum Gasteiger partial charge on any atom is 0.238 e. The molecular formula is C20H31N3O. The van der Waals surface area contributed by atoms with Crippen molar-refractivity contribution >= 4 is 11.6 Å². The number of amides is 1. The van der Waals surface area contributed by atoms with Gasteiger partial charge in [0.1, 0.15) is 0 Å². The van der Waals surface area contributed by atoms with Crippen LogP contribution in [0, 0.1) is 12.8 Å². The van der Waals surface area contributed by atoms with Crippen molar-refractivity contribution in [1.82, 2.24) is 10.2 Å². The first kappa shape index (κ1) is 17.4. The van der Waals surface area contributed by atoms with Gasteiger partial charge in [-0.25, -0.2) is 0 Å². The minimum Gasteiger partial charge on any atom is -0.324 e. The number of likely N-dealkylation sites (tertiary alicyclic amines) is 1. The van der Waals surface area contributed by atoms with Crippen LogP contribution in [0.1, 0.15) is 43.7 Å². The van der Waals surface area contributed by atoms with E-state index < -0.39 is 0 Å². The van der Waals surface area contributed by atoms with Crippen molar-refractivity contribution in [2.45, 2.75) is 52.0 Å². The molecule has 1 saturated heterocycles. The van der Waals surface area contributed by atoms with Crippen molar-refractivity contribution in [2.75, 3.05) is 31.5 Å². The van der Waals surface area contributed by atoms with Gasteiger partial charge in [-0.1, -0.05) is 25.1 Å². The van der Waals surface area contributed by atoms with Gasteiger partial charge < -0.3 is 10.6 Å². The third kappa shape index (κ3) is 4.81. The molecule has 0 radical (unpaired) electrons. The summed E-state index contributed by atoms with van der Waals surface area (Å²) in [6.45, 7) is 7.93. The van der Waals surface area contributed by atoms with Gasteiger partial charge in [-0.3, -0.25) is 9.69 Å². The second kappa shape index (κ2) is 8.13. The molecule has 2 fully saturated rings. The van der Waals surface area contributed by atoms with Crippen LogP contribution in [0.3, 0.4) is 0 Å². The number of piperidine rings is 1. The SMILES string of the molecule is CCc1cccc(C)c1NC(=O)CN1CCC(NCC2CC2)CC1. The third-order valence-corrected chi connectivity index (χ3v) is 5.35. The van der Waals surface area contributed by atoms with Gasteiger partial charge in [-0.05, 0) is 62.6 Å². The molecule has 4 heteroatoms. The van der Waals surface area contributed by atoms with E-state index in [9.17, 15) is 4.79 Å². The summed E-state index contributed by atoms with van der Waals surface area (Å²) in [7, 11) is 0. The summed E-state index contributed by atoms with van der Waals surface area (Å²) in [4.78, 5) is 14.7. The van der Waals surface area contributed by atoms with Crippen molar-refractivity contribution in [3.63, 3.8) is 0 Å². The molecule has 4 nitrogen and oxygen atoms in total. The Bertz CT molecular complexity index is 560. The van der Waals surface area contributed by atoms with E-state index in [4.69, 9.17) is 0 Å². The maximum absolute atomic E-state index is 12.4. The number of carbonyl (C=O) groups is 1. The first-order valence-corrected chi connectivity index (χ1v) is 9.49. The molecule has 1 aliphatic carbocycles. The lowest BCUT2D eigenvalue weighted by atomic mass is 10.0. The Labute approximate surface area is 146 Å². The van der Waals surface area contributed by atoms with Crippen molar-refractivity contribution in [1.29, 1.82) is 0 Å². The quantitative estimate of drug-likeness (QED) is 0.808. The largest absolute Gasteiger partial charge is 0.324 e. The van der Waals surface area contributed by atoms with Crippen LogP contribution in [0.5, 0.6) is 0 Å². The smallest absolute Gasteiger partial charge is 0.238 e. The van der Waals surface area contributed by atoms with Crippen molar-refractivity contribution in [3.8, 4) is 0 Å². The van der Waals surface area contributed by atoms with Gasteiger partial charge in [0, 0.05) is 24.8 Å². The second-order valence-electron chi connectivity index (χ2n) is 7.41. The van der Waals surface area contributed by atoms with Crippen LogP contribution in [0.15, 0.2) is 18.2 Å². The van der Waals surface area contributed by atoms with Crippen LogP contribution in [0.25, 0.3) is 0 Å². The summed E-state index contributed by atoms with van der Waals surface area (Å²) in [6.07, 6.45) is 6.07. The standard InChI is InChI=1S/C20H31N3O/c1-3-17-6-4-5-15(2)20(17)22-19(24)14-23-11-9-18(10-12-23)21-13-16-7-8-16/h4-6,16,18,21H,3,7-14H2,1-2H3,(H,22,24). The molecule has 1 heterocycles. The molecule has 132 valence electrons. The second-order valence-corrected chi connectivity index (χ2v) is 7.41. The number of benzene rings is 1. The van der Waals surface area contributed by atoms with Gasteiger partial charge >= 0.3 is 0 Å². The lowest BCUT2D eigenvalue weighted by molar-refractivity contribution is -0.117. The average Bonchev–Trinajstić information content (AvgIpc) is 3.40. The van der Waals surface area contributed by atoms with E-state index in [0.29, 0.717) is 12.6 Å². The number of anilines is 1. The van der Waals surface area contributed by atoms with Gasteiger partial charge in [-0.2, -0.15) is 0 Å². The minimum absolute atomic E-state index is 0.114. The number of nitrogens with zero attached hydrogens (tertiary/aromatic N) is 1. The Morgan fingerprint density at radius 1 is 1.21 bits per heavy atom. The summed E-state index contributed by atoms with van der Waals surface area (Å²) in [5.74, 6) is 1.05. The third-order valence-electron chi connectivity index (χ3n) is 5.35. The molecule has 1 aliphatic heterocycles. The number of para-hydroxylation sites is 1. The van der Waals surface area contributed by atoms with E-state index in [1.54, 1.807) is 0 Å². The molecular weight excluding hydrogens is 298 g/mol. The molecule has 0 unspecified atom stereocenters. The number of hydrogen-bond donors (Lipinski definition) is 2. The van der Waals surface area contributed by atoms with E-state index in [0.717, 1.165) is 49.5 Å². The number of aryl methyl sites for hydroxylation is 2. The Morgan fingerprint density at radius 2 is 1.96 bits per heavy atom. The Kier molecular flexibility index (Phi) is 5.90. The fraction of sp³-hybridized carbons (Fsp3) is 0.650. The van der Waals surface area contributed by atoms with E-state index in [1.165, 1.54) is 24.9 Å². The van der Waals surface area contributed by atoms with Gasteiger partial charge in [-0.15, -0.1) is 0 Å². The van der Waals surface area contributed by atoms with E-state index >= 15 is 0 Å². The first-order valence-electron chi connectivity index (χ1n) is 9.49. The highest BCUT2D eigenvalue weighted by Crippen LogP contribution is 2.28. The van der Waals surface area contributed by atoms with Gasteiger partial charge in [0.2, 0.25) is 5.91 Å². The van der Waals surface area contributed by atoms with Crippen LogP contribution < -0.4 is 10.6 Å². The normalized spacial score (nSPS) is 19.4. The van der Waals surface area contributed by atoms with Crippen LogP contribution in [0.4, 0.5) is 5.69 Å². The predicted molar refractivity (Wildman–Crippen MR) is 99.4 cm³/mol. The highest BCUT2D eigenvalue weighted by Gasteiger charge is 2.25.